The lowest BCUT2D eigenvalue weighted by Crippen LogP contribution is -2.58. The number of hydrogen-bond donors (Lipinski definition) is 4. The van der Waals surface area contributed by atoms with E-state index in [1.165, 1.54) is 16.8 Å². The van der Waals surface area contributed by atoms with Crippen molar-refractivity contribution in [3.63, 3.8) is 0 Å². The van der Waals surface area contributed by atoms with Crippen molar-refractivity contribution in [1.82, 2.24) is 20.4 Å². The normalized spacial score (nSPS) is 18.3. The summed E-state index contributed by atoms with van der Waals surface area (Å²) in [6.45, 7) is 11.5. The topological polar surface area (TPSA) is 167 Å². The molecule has 0 aromatic heterocycles. The predicted octanol–water partition coefficient (Wildman–Crippen LogP) is 5.41. The van der Waals surface area contributed by atoms with Gasteiger partial charge in [-0.3, -0.25) is 19.2 Å². The number of hydrogen-bond acceptors (Lipinski definition) is 8. The lowest BCUT2D eigenvalue weighted by Gasteiger charge is -2.34. The van der Waals surface area contributed by atoms with Gasteiger partial charge in [-0.05, 0) is 114 Å². The molecule has 1 saturated heterocycles. The largest absolute Gasteiger partial charge is 0.497 e. The zero-order valence-electron chi connectivity index (χ0n) is 34.4. The van der Waals surface area contributed by atoms with Crippen LogP contribution in [0.3, 0.4) is 0 Å². The van der Waals surface area contributed by atoms with Crippen molar-refractivity contribution in [3.8, 4) is 11.5 Å². The number of aliphatic carboxylic acids is 1. The maximum Gasteiger partial charge on any atom is 0.326 e. The lowest BCUT2D eigenvalue weighted by molar-refractivity contribution is -0.153. The van der Waals surface area contributed by atoms with Crippen molar-refractivity contribution in [3.05, 3.63) is 54.1 Å². The number of carboxylic acid groups (broad SMARTS) is 1. The molecule has 4 N–H and O–H groups in total. The van der Waals surface area contributed by atoms with Crippen LogP contribution in [0.4, 0.5) is 5.69 Å². The number of carbonyl (C=O) groups excluding carboxylic acids is 4. The monoisotopic (exact) mass is 777 g/mol. The Kier molecular flexibility index (Phi) is 15.6. The molecule has 1 aliphatic heterocycles. The number of likely N-dealkylation sites (tertiary alicyclic amines) is 1. The maximum absolute atomic E-state index is 14.5. The Bertz CT molecular complexity index is 1630. The van der Waals surface area contributed by atoms with Crippen LogP contribution in [-0.4, -0.2) is 101 Å². The Balaban J connectivity index is 1.55. The molecule has 1 aliphatic carbocycles. The third-order valence-corrected chi connectivity index (χ3v) is 10.6. The fourth-order valence-corrected chi connectivity index (χ4v) is 7.63. The van der Waals surface area contributed by atoms with E-state index < -0.39 is 59.5 Å². The molecule has 13 heteroatoms. The van der Waals surface area contributed by atoms with Crippen molar-refractivity contribution in [2.75, 3.05) is 26.0 Å². The highest BCUT2D eigenvalue weighted by Gasteiger charge is 2.42. The van der Waals surface area contributed by atoms with Gasteiger partial charge in [0, 0.05) is 25.7 Å². The number of nitrogens with zero attached hydrogens (tertiary/aromatic N) is 2. The molecular formula is C43H63N5O8. The van der Waals surface area contributed by atoms with E-state index in [1.54, 1.807) is 14.0 Å². The first kappa shape index (κ1) is 43.9. The number of benzene rings is 2. The summed E-state index contributed by atoms with van der Waals surface area (Å²) in [5.74, 6) is -1.39. The highest BCUT2D eigenvalue weighted by Crippen LogP contribution is 2.29. The molecule has 0 bridgehead atoms. The van der Waals surface area contributed by atoms with Gasteiger partial charge in [0.25, 0.3) is 0 Å². The summed E-state index contributed by atoms with van der Waals surface area (Å²) >= 11 is 0. The van der Waals surface area contributed by atoms with E-state index in [0.29, 0.717) is 24.3 Å². The maximum atomic E-state index is 14.5. The number of likely N-dealkylation sites (N-methyl/N-ethyl adjacent to an activating group) is 1. The molecule has 308 valence electrons. The molecule has 4 rings (SSSR count). The van der Waals surface area contributed by atoms with E-state index in [1.807, 2.05) is 83.1 Å². The van der Waals surface area contributed by atoms with Crippen LogP contribution in [0.5, 0.6) is 11.5 Å². The van der Waals surface area contributed by atoms with Crippen molar-refractivity contribution in [2.45, 2.75) is 135 Å². The smallest absolute Gasteiger partial charge is 0.326 e. The molecule has 1 heterocycles. The van der Waals surface area contributed by atoms with E-state index in [9.17, 15) is 29.1 Å². The third kappa shape index (κ3) is 12.3. The minimum absolute atomic E-state index is 0.0334. The Morgan fingerprint density at radius 3 is 2.05 bits per heavy atom. The molecule has 5 atom stereocenters. The first-order valence-electron chi connectivity index (χ1n) is 20.1. The molecule has 0 radical (unpaired) electrons. The molecular weight excluding hydrogens is 714 g/mol. The van der Waals surface area contributed by atoms with Gasteiger partial charge in [-0.2, -0.15) is 0 Å². The molecule has 2 aromatic carbocycles. The van der Waals surface area contributed by atoms with E-state index in [4.69, 9.17) is 9.47 Å². The zero-order valence-corrected chi connectivity index (χ0v) is 34.4. The highest BCUT2D eigenvalue weighted by molar-refractivity contribution is 5.96. The summed E-state index contributed by atoms with van der Waals surface area (Å²) in [4.78, 5) is 71.0. The van der Waals surface area contributed by atoms with Gasteiger partial charge in [-0.1, -0.05) is 45.2 Å². The van der Waals surface area contributed by atoms with Crippen LogP contribution in [0.1, 0.15) is 98.5 Å². The van der Waals surface area contributed by atoms with Crippen LogP contribution in [0.15, 0.2) is 48.5 Å². The fraction of sp³-hybridized carbons (Fsp3) is 0.605. The SMILES string of the molecule is COc1ccc(NC(C(=O)N[C@@H](C)C(=O)N[C@@H](Cc2ccc(OC(C)(C)C)cc2)C(=O)N2CCC[C@H]2C(=O)N(C)[C@@H](CC(C)C)C(=O)O)C2CCCCC2)cc1. The number of methoxy groups -OCH3 is 1. The molecule has 4 amide bonds. The molecule has 56 heavy (non-hydrogen) atoms. The van der Waals surface area contributed by atoms with E-state index in [-0.39, 0.29) is 37.1 Å². The minimum Gasteiger partial charge on any atom is -0.497 e. The van der Waals surface area contributed by atoms with Gasteiger partial charge < -0.3 is 40.3 Å². The summed E-state index contributed by atoms with van der Waals surface area (Å²) in [6.07, 6.45) is 6.23. The van der Waals surface area contributed by atoms with Crippen molar-refractivity contribution < 1.29 is 38.6 Å². The summed E-state index contributed by atoms with van der Waals surface area (Å²) in [7, 11) is 3.07. The lowest BCUT2D eigenvalue weighted by atomic mass is 9.83. The fourth-order valence-electron chi connectivity index (χ4n) is 7.63. The van der Waals surface area contributed by atoms with E-state index >= 15 is 0 Å². The molecule has 13 nitrogen and oxygen atoms in total. The minimum atomic E-state index is -1.10. The summed E-state index contributed by atoms with van der Waals surface area (Å²) in [6, 6.07) is 10.1. The summed E-state index contributed by atoms with van der Waals surface area (Å²) in [5, 5.41) is 19.2. The first-order valence-corrected chi connectivity index (χ1v) is 20.1. The van der Waals surface area contributed by atoms with Gasteiger partial charge in [-0.15, -0.1) is 0 Å². The van der Waals surface area contributed by atoms with Crippen LogP contribution >= 0.6 is 0 Å². The zero-order chi connectivity index (χ0) is 41.2. The molecule has 1 unspecified atom stereocenters. The average Bonchev–Trinajstić information content (AvgIpc) is 3.65. The van der Waals surface area contributed by atoms with E-state index in [2.05, 4.69) is 16.0 Å². The number of nitrogens with one attached hydrogen (secondary N) is 3. The molecule has 2 fully saturated rings. The van der Waals surface area contributed by atoms with E-state index in [0.717, 1.165) is 43.4 Å². The second kappa shape index (κ2) is 19.9. The Hall–Kier alpha value is -4.81. The summed E-state index contributed by atoms with van der Waals surface area (Å²) in [5.41, 5.74) is 1.11. The molecule has 2 aliphatic rings. The first-order chi connectivity index (χ1) is 26.5. The van der Waals surface area contributed by atoms with Crippen LogP contribution < -0.4 is 25.4 Å². The Morgan fingerprint density at radius 1 is 0.857 bits per heavy atom. The predicted molar refractivity (Wildman–Crippen MR) is 215 cm³/mol. The van der Waals surface area contributed by atoms with Gasteiger partial charge in [-0.25, -0.2) is 4.79 Å². The number of amides is 4. The van der Waals surface area contributed by atoms with Crippen LogP contribution in [0, 0.1) is 11.8 Å². The number of ether oxygens (including phenoxy) is 2. The molecule has 0 spiro atoms. The Morgan fingerprint density at radius 2 is 1.48 bits per heavy atom. The van der Waals surface area contributed by atoms with Gasteiger partial charge in [0.1, 0.15) is 47.3 Å². The third-order valence-electron chi connectivity index (χ3n) is 10.6. The van der Waals surface area contributed by atoms with Gasteiger partial charge in [0.15, 0.2) is 0 Å². The second-order valence-corrected chi connectivity index (χ2v) is 16.7. The quantitative estimate of drug-likeness (QED) is 0.164. The number of anilines is 1. The van der Waals surface area contributed by atoms with Crippen molar-refractivity contribution in [1.29, 1.82) is 0 Å². The van der Waals surface area contributed by atoms with Crippen molar-refractivity contribution in [2.24, 2.45) is 11.8 Å². The van der Waals surface area contributed by atoms with Gasteiger partial charge in [0.05, 0.1) is 7.11 Å². The number of rotatable bonds is 17. The van der Waals surface area contributed by atoms with Crippen LogP contribution in [0.25, 0.3) is 0 Å². The number of carboxylic acids is 1. The standard InChI is InChI=1S/C43H63N5O8/c1-27(2)25-36(42(53)54)47(7)41(52)35-15-12-24-48(35)40(51)34(26-29-16-20-33(21-17-29)56-43(4,5)6)46-38(49)28(3)44-39(50)37(30-13-10-9-11-14-30)45-31-18-22-32(55-8)23-19-31/h16-23,27-28,30,34-37,45H,9-15,24-26H2,1-8H3,(H,44,50)(H,46,49)(H,53,54)/t28-,34-,35-,36-,37?/m0/s1. The average molecular weight is 778 g/mol. The van der Waals surface area contributed by atoms with Crippen molar-refractivity contribution >= 4 is 35.3 Å². The highest BCUT2D eigenvalue weighted by atomic mass is 16.5. The van der Waals surface area contributed by atoms with Gasteiger partial charge in [0.2, 0.25) is 23.6 Å². The Labute approximate surface area is 332 Å². The molecule has 2 aromatic rings. The second-order valence-electron chi connectivity index (χ2n) is 16.7. The van der Waals surface area contributed by atoms with Gasteiger partial charge >= 0.3 is 5.97 Å². The van der Waals surface area contributed by atoms with Crippen LogP contribution in [0.2, 0.25) is 0 Å². The molecule has 1 saturated carbocycles. The summed E-state index contributed by atoms with van der Waals surface area (Å²) < 4.78 is 11.3. The van der Waals surface area contributed by atoms with Crippen LogP contribution in [-0.2, 0) is 30.4 Å². The number of carbonyl (C=O) groups is 5.